The van der Waals surface area contributed by atoms with Gasteiger partial charge in [0.1, 0.15) is 0 Å². The SMILES string of the molecule is CCC1OC(C)(OC=O)O1. The highest BCUT2D eigenvalue weighted by molar-refractivity contribution is 5.37. The van der Waals surface area contributed by atoms with Crippen LogP contribution in [-0.2, 0) is 19.0 Å². The molecule has 0 aromatic rings. The molecule has 0 radical (unpaired) electrons. The maximum atomic E-state index is 9.83. The summed E-state index contributed by atoms with van der Waals surface area (Å²) in [4.78, 5) is 9.83. The van der Waals surface area contributed by atoms with Gasteiger partial charge in [0.05, 0.1) is 0 Å². The number of rotatable bonds is 3. The highest BCUT2D eigenvalue weighted by atomic mass is 17.0. The molecule has 1 aliphatic heterocycles. The Morgan fingerprint density at radius 1 is 1.70 bits per heavy atom. The summed E-state index contributed by atoms with van der Waals surface area (Å²) >= 11 is 0. The summed E-state index contributed by atoms with van der Waals surface area (Å²) in [5.74, 6) is -1.12. The van der Waals surface area contributed by atoms with E-state index in [-0.39, 0.29) is 6.29 Å². The first kappa shape index (κ1) is 7.50. The van der Waals surface area contributed by atoms with Gasteiger partial charge in [0.25, 0.3) is 6.47 Å². The molecule has 4 heteroatoms. The van der Waals surface area contributed by atoms with E-state index >= 15 is 0 Å². The Balaban J connectivity index is 2.27. The quantitative estimate of drug-likeness (QED) is 0.547. The number of carbonyl (C=O) groups excluding carboxylic acids is 1. The molecule has 58 valence electrons. The molecule has 0 N–H and O–H groups in total. The van der Waals surface area contributed by atoms with Crippen molar-refractivity contribution in [3.63, 3.8) is 0 Å². The van der Waals surface area contributed by atoms with Crippen molar-refractivity contribution in [1.29, 1.82) is 0 Å². The van der Waals surface area contributed by atoms with Gasteiger partial charge in [0.15, 0.2) is 6.29 Å². The maximum absolute atomic E-state index is 9.83. The van der Waals surface area contributed by atoms with Crippen molar-refractivity contribution in [2.45, 2.75) is 32.5 Å². The Kier molecular flexibility index (Phi) is 1.92. The molecular formula is C6H10O4. The molecule has 0 aliphatic carbocycles. The Morgan fingerprint density at radius 3 is 2.70 bits per heavy atom. The fourth-order valence-electron chi connectivity index (χ4n) is 0.796. The predicted molar refractivity (Wildman–Crippen MR) is 31.8 cm³/mol. The number of carbonyl (C=O) groups is 1. The predicted octanol–water partition coefficient (Wildman–Crippen LogP) is 0.616. The van der Waals surface area contributed by atoms with Gasteiger partial charge in [-0.2, -0.15) is 0 Å². The molecule has 1 fully saturated rings. The third-order valence-corrected chi connectivity index (χ3v) is 1.29. The van der Waals surface area contributed by atoms with Crippen molar-refractivity contribution < 1.29 is 19.0 Å². The second-order valence-corrected chi connectivity index (χ2v) is 2.15. The zero-order valence-electron chi connectivity index (χ0n) is 5.99. The molecule has 0 unspecified atom stereocenters. The molecular weight excluding hydrogens is 136 g/mol. The standard InChI is InChI=1S/C6H10O4/c1-3-5-9-6(2,10-5)8-4-7/h4-5H,3H2,1-2H3. The van der Waals surface area contributed by atoms with Gasteiger partial charge < -0.3 is 4.74 Å². The van der Waals surface area contributed by atoms with E-state index in [1.807, 2.05) is 6.92 Å². The fourth-order valence-corrected chi connectivity index (χ4v) is 0.796. The van der Waals surface area contributed by atoms with E-state index in [0.717, 1.165) is 6.42 Å². The van der Waals surface area contributed by atoms with Gasteiger partial charge in [-0.05, 0) is 6.42 Å². The second-order valence-electron chi connectivity index (χ2n) is 2.15. The third-order valence-electron chi connectivity index (χ3n) is 1.29. The molecule has 0 aromatic carbocycles. The highest BCUT2D eigenvalue weighted by Gasteiger charge is 2.44. The lowest BCUT2D eigenvalue weighted by Crippen LogP contribution is -2.52. The number of hydrogen-bond donors (Lipinski definition) is 0. The molecule has 1 heterocycles. The molecule has 0 spiro atoms. The summed E-state index contributed by atoms with van der Waals surface area (Å²) in [6.07, 6.45) is 0.544. The largest absolute Gasteiger partial charge is 0.410 e. The first-order chi connectivity index (χ1) is 4.70. The van der Waals surface area contributed by atoms with Crippen LogP contribution in [-0.4, -0.2) is 18.7 Å². The maximum Gasteiger partial charge on any atom is 0.330 e. The average molecular weight is 146 g/mol. The van der Waals surface area contributed by atoms with Crippen molar-refractivity contribution in [2.24, 2.45) is 0 Å². The van der Waals surface area contributed by atoms with Crippen LogP contribution >= 0.6 is 0 Å². The summed E-state index contributed by atoms with van der Waals surface area (Å²) in [5, 5.41) is 0. The molecule has 1 saturated heterocycles. The molecule has 1 aliphatic rings. The van der Waals surface area contributed by atoms with Gasteiger partial charge in [0, 0.05) is 6.92 Å². The minimum Gasteiger partial charge on any atom is -0.410 e. The minimum atomic E-state index is -1.12. The molecule has 1 rings (SSSR count). The van der Waals surface area contributed by atoms with Gasteiger partial charge >= 0.3 is 5.97 Å². The highest BCUT2D eigenvalue weighted by Crippen LogP contribution is 2.30. The second kappa shape index (κ2) is 2.56. The van der Waals surface area contributed by atoms with Crippen LogP contribution in [0.25, 0.3) is 0 Å². The monoisotopic (exact) mass is 146 g/mol. The molecule has 10 heavy (non-hydrogen) atoms. The smallest absolute Gasteiger partial charge is 0.330 e. The van der Waals surface area contributed by atoms with Gasteiger partial charge in [-0.25, -0.2) is 0 Å². The van der Waals surface area contributed by atoms with Crippen LogP contribution in [0.4, 0.5) is 0 Å². The summed E-state index contributed by atoms with van der Waals surface area (Å²) in [6.45, 7) is 3.78. The summed E-state index contributed by atoms with van der Waals surface area (Å²) < 4.78 is 14.6. The van der Waals surface area contributed by atoms with Crippen LogP contribution in [0.1, 0.15) is 20.3 Å². The van der Waals surface area contributed by atoms with E-state index in [0.29, 0.717) is 6.47 Å². The van der Waals surface area contributed by atoms with E-state index in [9.17, 15) is 4.79 Å². The van der Waals surface area contributed by atoms with Crippen molar-refractivity contribution in [3.05, 3.63) is 0 Å². The number of hydrogen-bond acceptors (Lipinski definition) is 4. The van der Waals surface area contributed by atoms with E-state index in [1.54, 1.807) is 6.92 Å². The summed E-state index contributed by atoms with van der Waals surface area (Å²) in [5.41, 5.74) is 0. The molecule has 0 saturated carbocycles. The lowest BCUT2D eigenvalue weighted by atomic mass is 10.4. The molecule has 0 amide bonds. The van der Waals surface area contributed by atoms with Crippen molar-refractivity contribution in [2.75, 3.05) is 0 Å². The van der Waals surface area contributed by atoms with Gasteiger partial charge in [-0.1, -0.05) is 6.92 Å². The van der Waals surface area contributed by atoms with Gasteiger partial charge in [0.2, 0.25) is 0 Å². The Labute approximate surface area is 59.1 Å². The van der Waals surface area contributed by atoms with Gasteiger partial charge in [-0.3, -0.25) is 14.3 Å². The zero-order chi connectivity index (χ0) is 7.61. The third kappa shape index (κ3) is 1.27. The van der Waals surface area contributed by atoms with E-state index in [1.165, 1.54) is 0 Å². The molecule has 0 bridgehead atoms. The number of ether oxygens (including phenoxy) is 3. The topological polar surface area (TPSA) is 44.8 Å². The van der Waals surface area contributed by atoms with Crippen LogP contribution in [0, 0.1) is 0 Å². The van der Waals surface area contributed by atoms with Crippen molar-refractivity contribution in [3.8, 4) is 0 Å². The minimum absolute atomic E-state index is 0.218. The van der Waals surface area contributed by atoms with Crippen molar-refractivity contribution >= 4 is 6.47 Å². The summed E-state index contributed by atoms with van der Waals surface area (Å²) in [7, 11) is 0. The van der Waals surface area contributed by atoms with E-state index < -0.39 is 5.97 Å². The first-order valence-corrected chi connectivity index (χ1v) is 3.17. The summed E-state index contributed by atoms with van der Waals surface area (Å²) in [6, 6.07) is 0. The Hall–Kier alpha value is -0.610. The zero-order valence-corrected chi connectivity index (χ0v) is 5.99. The van der Waals surface area contributed by atoms with Crippen molar-refractivity contribution in [1.82, 2.24) is 0 Å². The molecule has 0 atom stereocenters. The van der Waals surface area contributed by atoms with Gasteiger partial charge in [-0.15, -0.1) is 0 Å². The first-order valence-electron chi connectivity index (χ1n) is 3.17. The average Bonchev–Trinajstić information content (AvgIpc) is 1.83. The Morgan fingerprint density at radius 2 is 2.30 bits per heavy atom. The molecule has 0 aromatic heterocycles. The van der Waals surface area contributed by atoms with Crippen LogP contribution in [0.15, 0.2) is 0 Å². The van der Waals surface area contributed by atoms with E-state index in [4.69, 9.17) is 9.47 Å². The normalized spacial score (nSPS) is 38.4. The molecule has 4 nitrogen and oxygen atoms in total. The Bertz CT molecular complexity index is 128. The van der Waals surface area contributed by atoms with E-state index in [2.05, 4.69) is 4.74 Å². The van der Waals surface area contributed by atoms with Crippen LogP contribution in [0.3, 0.4) is 0 Å². The van der Waals surface area contributed by atoms with Crippen LogP contribution in [0.5, 0.6) is 0 Å². The van der Waals surface area contributed by atoms with Crippen LogP contribution < -0.4 is 0 Å². The fraction of sp³-hybridized carbons (Fsp3) is 0.833. The lowest BCUT2D eigenvalue weighted by Gasteiger charge is -2.41. The van der Waals surface area contributed by atoms with Crippen LogP contribution in [0.2, 0.25) is 0 Å². The lowest BCUT2D eigenvalue weighted by molar-refractivity contribution is -0.518.